The third-order valence-corrected chi connectivity index (χ3v) is 5.66. The van der Waals surface area contributed by atoms with Crippen LogP contribution in [0.2, 0.25) is 0 Å². The van der Waals surface area contributed by atoms with E-state index in [1.165, 1.54) is 0 Å². The minimum Gasteiger partial charge on any atom is -0.479 e. The van der Waals surface area contributed by atoms with Gasteiger partial charge in [0.1, 0.15) is 18.0 Å². The van der Waals surface area contributed by atoms with Crippen molar-refractivity contribution in [3.05, 3.63) is 60.3 Å². The maximum absolute atomic E-state index is 11.4. The second-order valence-electron chi connectivity index (χ2n) is 8.35. The van der Waals surface area contributed by atoms with Crippen LogP contribution in [0.3, 0.4) is 0 Å². The molecule has 5 atom stereocenters. The number of carboxylic acids is 1. The number of quaternary nitrogens is 1. The average molecular weight is 432 g/mol. The summed E-state index contributed by atoms with van der Waals surface area (Å²) in [6.07, 6.45) is -5.67. The van der Waals surface area contributed by atoms with Gasteiger partial charge in [-0.15, -0.1) is 0 Å². The second-order valence-corrected chi connectivity index (χ2v) is 8.35. The zero-order chi connectivity index (χ0) is 22.6. The molecule has 4 N–H and O–H groups in total. The molecule has 1 aromatic heterocycles. The normalized spacial score (nSPS) is 26.4. The molecular weight excluding hydrogens is 402 g/mol. The average Bonchev–Trinajstić information content (AvgIpc) is 2.76. The first-order chi connectivity index (χ1) is 14.7. The van der Waals surface area contributed by atoms with Crippen molar-refractivity contribution in [3.63, 3.8) is 0 Å². The number of ether oxygens (including phenoxy) is 1. The first kappa shape index (κ1) is 23.1. The lowest BCUT2D eigenvalue weighted by Crippen LogP contribution is -2.69. The molecule has 0 aliphatic carbocycles. The molecular formula is C22H30N3O6+. The molecule has 31 heavy (non-hydrogen) atoms. The van der Waals surface area contributed by atoms with Crippen LogP contribution in [0.4, 0.5) is 5.82 Å². The highest BCUT2D eigenvalue weighted by molar-refractivity contribution is 5.73. The van der Waals surface area contributed by atoms with Crippen molar-refractivity contribution in [2.45, 2.75) is 37.2 Å². The quantitative estimate of drug-likeness (QED) is 0.432. The fourth-order valence-electron chi connectivity index (χ4n) is 3.77. The Morgan fingerprint density at radius 3 is 2.32 bits per heavy atom. The van der Waals surface area contributed by atoms with E-state index in [1.807, 2.05) is 48.5 Å². The molecule has 0 saturated carbocycles. The maximum Gasteiger partial charge on any atom is 0.335 e. The molecule has 9 nitrogen and oxygen atoms in total. The number of aliphatic hydroxyl groups is 3. The summed E-state index contributed by atoms with van der Waals surface area (Å²) < 4.78 is 5.62. The standard InChI is InChI=1S/C22H29N3O6/c1-25(2,21-19(28)17(26)18(27)20(31-21)22(29)30)13-12-24(16-10-6-7-11-23-16)14-15-8-4-3-5-9-15/h3-11,17-21,26-28H,12-14H2,1-2H3/p+1. The number of carboxylic acid groups (broad SMARTS) is 1. The van der Waals surface area contributed by atoms with Gasteiger partial charge in [-0.05, 0) is 17.7 Å². The van der Waals surface area contributed by atoms with Crippen LogP contribution >= 0.6 is 0 Å². The monoisotopic (exact) mass is 432 g/mol. The Kier molecular flexibility index (Phi) is 7.24. The number of nitrogens with zero attached hydrogens (tertiary/aromatic N) is 3. The van der Waals surface area contributed by atoms with E-state index in [2.05, 4.69) is 9.88 Å². The molecule has 0 spiro atoms. The van der Waals surface area contributed by atoms with Crippen molar-refractivity contribution in [3.8, 4) is 0 Å². The third-order valence-electron chi connectivity index (χ3n) is 5.66. The predicted octanol–water partition coefficient (Wildman–Crippen LogP) is 0.0568. The van der Waals surface area contributed by atoms with E-state index in [9.17, 15) is 25.2 Å². The van der Waals surface area contributed by atoms with Crippen LogP contribution in [-0.4, -0.2) is 93.7 Å². The van der Waals surface area contributed by atoms with E-state index in [0.717, 1.165) is 11.4 Å². The molecule has 1 aliphatic heterocycles. The predicted molar refractivity (Wildman–Crippen MR) is 113 cm³/mol. The number of likely N-dealkylation sites (N-methyl/N-ethyl adjacent to an activating group) is 1. The SMILES string of the molecule is C[N+](C)(CCN(Cc1ccccc1)c1ccccn1)C1OC(C(=O)O)C(O)C(O)C1O. The van der Waals surface area contributed by atoms with Gasteiger partial charge in [0.05, 0.1) is 27.2 Å². The Balaban J connectivity index is 1.77. The van der Waals surface area contributed by atoms with Gasteiger partial charge >= 0.3 is 5.97 Å². The van der Waals surface area contributed by atoms with Gasteiger partial charge in [-0.1, -0.05) is 36.4 Å². The topological polar surface area (TPSA) is 123 Å². The van der Waals surface area contributed by atoms with Crippen molar-refractivity contribution in [1.29, 1.82) is 0 Å². The van der Waals surface area contributed by atoms with Crippen LogP contribution in [0.1, 0.15) is 5.56 Å². The van der Waals surface area contributed by atoms with Gasteiger partial charge < -0.3 is 30.1 Å². The molecule has 0 radical (unpaired) electrons. The van der Waals surface area contributed by atoms with E-state index >= 15 is 0 Å². The lowest BCUT2D eigenvalue weighted by molar-refractivity contribution is -0.943. The molecule has 1 fully saturated rings. The Labute approximate surface area is 181 Å². The van der Waals surface area contributed by atoms with Crippen LogP contribution in [-0.2, 0) is 16.1 Å². The van der Waals surface area contributed by atoms with Gasteiger partial charge in [0.25, 0.3) is 0 Å². The Bertz CT molecular complexity index is 851. The highest BCUT2D eigenvalue weighted by atomic mass is 16.6. The molecule has 1 aliphatic rings. The largest absolute Gasteiger partial charge is 0.479 e. The molecule has 0 bridgehead atoms. The number of benzene rings is 1. The molecule has 3 rings (SSSR count). The third kappa shape index (κ3) is 5.38. The summed E-state index contributed by atoms with van der Waals surface area (Å²) in [6.45, 7) is 1.60. The van der Waals surface area contributed by atoms with E-state index in [1.54, 1.807) is 20.3 Å². The van der Waals surface area contributed by atoms with Crippen LogP contribution < -0.4 is 4.90 Å². The first-order valence-corrected chi connectivity index (χ1v) is 10.2. The van der Waals surface area contributed by atoms with Gasteiger partial charge in [0, 0.05) is 12.7 Å². The number of aliphatic hydroxyl groups excluding tert-OH is 3. The summed E-state index contributed by atoms with van der Waals surface area (Å²) in [4.78, 5) is 18.0. The van der Waals surface area contributed by atoms with Gasteiger partial charge in [-0.2, -0.15) is 0 Å². The van der Waals surface area contributed by atoms with Gasteiger partial charge in [-0.25, -0.2) is 9.78 Å². The summed E-state index contributed by atoms with van der Waals surface area (Å²) in [7, 11) is 3.58. The number of anilines is 1. The summed E-state index contributed by atoms with van der Waals surface area (Å²) >= 11 is 0. The Morgan fingerprint density at radius 2 is 1.71 bits per heavy atom. The molecule has 1 aromatic carbocycles. The van der Waals surface area contributed by atoms with Crippen molar-refractivity contribution in [2.75, 3.05) is 32.1 Å². The number of carbonyl (C=O) groups is 1. The molecule has 1 saturated heterocycles. The van der Waals surface area contributed by atoms with Crippen molar-refractivity contribution in [2.24, 2.45) is 0 Å². The zero-order valence-corrected chi connectivity index (χ0v) is 17.7. The molecule has 2 heterocycles. The van der Waals surface area contributed by atoms with Crippen molar-refractivity contribution >= 4 is 11.8 Å². The number of aliphatic carboxylic acids is 1. The number of aromatic nitrogens is 1. The Morgan fingerprint density at radius 1 is 1.03 bits per heavy atom. The maximum atomic E-state index is 11.4. The minimum absolute atomic E-state index is 0.0762. The number of pyridine rings is 1. The number of hydrogen-bond donors (Lipinski definition) is 4. The second kappa shape index (κ2) is 9.71. The van der Waals surface area contributed by atoms with Gasteiger partial charge in [0.2, 0.25) is 6.23 Å². The Hall–Kier alpha value is -2.56. The lowest BCUT2D eigenvalue weighted by atomic mass is 9.97. The van der Waals surface area contributed by atoms with Crippen LogP contribution in [0.5, 0.6) is 0 Å². The molecule has 5 unspecified atom stereocenters. The van der Waals surface area contributed by atoms with E-state index in [0.29, 0.717) is 19.6 Å². The van der Waals surface area contributed by atoms with Crippen LogP contribution in [0.15, 0.2) is 54.7 Å². The van der Waals surface area contributed by atoms with E-state index in [4.69, 9.17) is 4.74 Å². The lowest BCUT2D eigenvalue weighted by Gasteiger charge is -2.46. The van der Waals surface area contributed by atoms with Crippen molar-refractivity contribution < 1.29 is 34.4 Å². The van der Waals surface area contributed by atoms with Crippen molar-refractivity contribution in [1.82, 2.24) is 4.98 Å². The molecule has 168 valence electrons. The molecule has 9 heteroatoms. The zero-order valence-electron chi connectivity index (χ0n) is 17.7. The first-order valence-electron chi connectivity index (χ1n) is 10.2. The molecule has 0 amide bonds. The highest BCUT2D eigenvalue weighted by Gasteiger charge is 2.52. The van der Waals surface area contributed by atoms with E-state index < -0.39 is 36.6 Å². The fourth-order valence-corrected chi connectivity index (χ4v) is 3.77. The number of hydrogen-bond acceptors (Lipinski definition) is 7. The highest BCUT2D eigenvalue weighted by Crippen LogP contribution is 2.27. The van der Waals surface area contributed by atoms with E-state index in [-0.39, 0.29) is 4.48 Å². The van der Waals surface area contributed by atoms with Crippen LogP contribution in [0.25, 0.3) is 0 Å². The smallest absolute Gasteiger partial charge is 0.335 e. The summed E-state index contributed by atoms with van der Waals surface area (Å²) in [5.74, 6) is -0.599. The summed E-state index contributed by atoms with van der Waals surface area (Å²) in [5, 5.41) is 39.9. The minimum atomic E-state index is -1.70. The summed E-state index contributed by atoms with van der Waals surface area (Å²) in [5.41, 5.74) is 1.11. The number of rotatable bonds is 8. The summed E-state index contributed by atoms with van der Waals surface area (Å²) in [6, 6.07) is 15.6. The van der Waals surface area contributed by atoms with Crippen LogP contribution in [0, 0.1) is 0 Å². The molecule has 2 aromatic rings. The van der Waals surface area contributed by atoms with Gasteiger partial charge in [0.15, 0.2) is 12.2 Å². The van der Waals surface area contributed by atoms with Gasteiger partial charge in [-0.3, -0.25) is 4.48 Å². The fraction of sp³-hybridized carbons (Fsp3) is 0.455.